The highest BCUT2D eigenvalue weighted by Crippen LogP contribution is 2.30. The van der Waals surface area contributed by atoms with E-state index in [1.807, 2.05) is 25.1 Å². The number of rotatable bonds is 11. The number of nitrogens with one attached hydrogen (secondary N) is 3. The van der Waals surface area contributed by atoms with Crippen LogP contribution in [0.4, 0.5) is 18.9 Å². The Hall–Kier alpha value is -3.72. The van der Waals surface area contributed by atoms with Crippen LogP contribution in [0.1, 0.15) is 40.5 Å². The summed E-state index contributed by atoms with van der Waals surface area (Å²) < 4.78 is 68.1. The van der Waals surface area contributed by atoms with E-state index in [0.717, 1.165) is 10.6 Å². The Morgan fingerprint density at radius 2 is 1.55 bits per heavy atom. The van der Waals surface area contributed by atoms with Gasteiger partial charge in [0.05, 0.1) is 17.0 Å². The molecule has 2 aromatic carbocycles. The summed E-state index contributed by atoms with van der Waals surface area (Å²) in [5.41, 5.74) is 0.804. The van der Waals surface area contributed by atoms with Crippen molar-refractivity contribution in [3.63, 3.8) is 0 Å². The van der Waals surface area contributed by atoms with Crippen LogP contribution in [0.2, 0.25) is 0 Å². The summed E-state index contributed by atoms with van der Waals surface area (Å²) in [4.78, 5) is 53.9. The van der Waals surface area contributed by atoms with Gasteiger partial charge in [0.2, 0.25) is 27.7 Å². The van der Waals surface area contributed by atoms with Gasteiger partial charge in [-0.25, -0.2) is 8.42 Å². The molecule has 0 spiro atoms. The minimum absolute atomic E-state index is 0.0305. The van der Waals surface area contributed by atoms with Gasteiger partial charge in [-0.3, -0.25) is 19.2 Å². The predicted octanol–water partition coefficient (Wildman–Crippen LogP) is 2.34. The zero-order chi connectivity index (χ0) is 33.1. The number of sulfonamides is 1. The molecular weight excluding hydrogens is 603 g/mol. The highest BCUT2D eigenvalue weighted by molar-refractivity contribution is 7.89. The van der Waals surface area contributed by atoms with Crippen LogP contribution >= 0.6 is 0 Å². The van der Waals surface area contributed by atoms with Crippen LogP contribution < -0.4 is 20.3 Å². The Labute approximate surface area is 254 Å². The number of ketones is 1. The highest BCUT2D eigenvalue weighted by Gasteiger charge is 2.46. The van der Waals surface area contributed by atoms with Gasteiger partial charge in [-0.2, -0.15) is 17.9 Å². The monoisotopic (exact) mass is 641 g/mol. The molecule has 0 aliphatic carbocycles. The van der Waals surface area contributed by atoms with E-state index in [1.54, 1.807) is 24.3 Å². The molecule has 0 saturated carbocycles. The number of likely N-dealkylation sites (tertiary alicyclic amines) is 1. The van der Waals surface area contributed by atoms with Crippen molar-refractivity contribution in [2.75, 3.05) is 25.5 Å². The lowest BCUT2D eigenvalue weighted by Gasteiger charge is -2.30. The summed E-state index contributed by atoms with van der Waals surface area (Å²) in [7, 11) is -0.526. The SMILES string of the molecule is CC(C)[C@@H](NC(=O)[C@@H]1CCCN1C(=O)[C@@H](C)NC(=O)[C@@H](C)NS(=O)(=O)c1cccc2c(N(C)C)cccc12)C(=O)C(F)(F)F. The number of hydrogen-bond acceptors (Lipinski definition) is 7. The van der Waals surface area contributed by atoms with Gasteiger partial charge in [-0.05, 0) is 44.7 Å². The number of carbonyl (C=O) groups excluding carboxylic acids is 4. The number of nitrogens with zero attached hydrogens (tertiary/aromatic N) is 2. The van der Waals surface area contributed by atoms with Crippen molar-refractivity contribution in [3.8, 4) is 0 Å². The molecule has 2 aromatic rings. The summed E-state index contributed by atoms with van der Waals surface area (Å²) in [6, 6.07) is 4.60. The van der Waals surface area contributed by atoms with Gasteiger partial charge in [-0.1, -0.05) is 38.1 Å². The van der Waals surface area contributed by atoms with Crippen LogP contribution in [0.5, 0.6) is 0 Å². The molecule has 1 aliphatic rings. The Bertz CT molecular complexity index is 1530. The lowest BCUT2D eigenvalue weighted by Crippen LogP contribution is -2.57. The molecule has 3 rings (SSSR count). The van der Waals surface area contributed by atoms with Crippen LogP contribution in [0.3, 0.4) is 0 Å². The van der Waals surface area contributed by atoms with Crippen molar-refractivity contribution < 1.29 is 40.8 Å². The van der Waals surface area contributed by atoms with Crippen molar-refractivity contribution in [2.24, 2.45) is 5.92 Å². The molecule has 3 N–H and O–H groups in total. The van der Waals surface area contributed by atoms with Gasteiger partial charge in [-0.15, -0.1) is 0 Å². The summed E-state index contributed by atoms with van der Waals surface area (Å²) in [5.74, 6) is -5.33. The Morgan fingerprint density at radius 3 is 2.14 bits per heavy atom. The van der Waals surface area contributed by atoms with Gasteiger partial charge in [0, 0.05) is 37.1 Å². The predicted molar refractivity (Wildman–Crippen MR) is 158 cm³/mol. The van der Waals surface area contributed by atoms with Crippen molar-refractivity contribution in [2.45, 2.75) is 75.8 Å². The molecule has 0 unspecified atom stereocenters. The van der Waals surface area contributed by atoms with Crippen molar-refractivity contribution in [3.05, 3.63) is 36.4 Å². The first kappa shape index (κ1) is 34.8. The van der Waals surface area contributed by atoms with Crippen LogP contribution in [0.15, 0.2) is 41.3 Å². The third kappa shape index (κ3) is 7.67. The molecule has 0 bridgehead atoms. The topological polar surface area (TPSA) is 145 Å². The van der Waals surface area contributed by atoms with Gasteiger partial charge < -0.3 is 20.4 Å². The van der Waals surface area contributed by atoms with Crippen molar-refractivity contribution >= 4 is 50.0 Å². The summed E-state index contributed by atoms with van der Waals surface area (Å²) in [5, 5.41) is 5.75. The fraction of sp³-hybridized carbons (Fsp3) is 0.517. The van der Waals surface area contributed by atoms with Crippen molar-refractivity contribution in [1.82, 2.24) is 20.3 Å². The van der Waals surface area contributed by atoms with E-state index in [9.17, 15) is 40.8 Å². The minimum atomic E-state index is -5.15. The number of carbonyl (C=O) groups is 4. The number of amides is 3. The van der Waals surface area contributed by atoms with Gasteiger partial charge in [0.15, 0.2) is 0 Å². The first-order valence-corrected chi connectivity index (χ1v) is 15.6. The fourth-order valence-corrected chi connectivity index (χ4v) is 6.58. The molecule has 242 valence electrons. The average molecular weight is 642 g/mol. The fourth-order valence-electron chi connectivity index (χ4n) is 5.15. The molecule has 1 fully saturated rings. The van der Waals surface area contributed by atoms with Gasteiger partial charge in [0.1, 0.15) is 12.1 Å². The standard InChI is InChI=1S/C29H38F3N5O6S/c1-16(2)24(25(38)29(30,31)32)34-27(40)22-13-9-15-37(22)28(41)18(4)33-26(39)17(3)35-44(42,43)23-14-8-10-19-20(23)11-7-12-21(19)36(5)6/h7-8,10-12,14,16-18,22,24,35H,9,13,15H2,1-6H3,(H,33,39)(H,34,40)/t17-,18-,22+,24-/m1/s1. The first-order valence-electron chi connectivity index (χ1n) is 14.1. The summed E-state index contributed by atoms with van der Waals surface area (Å²) >= 11 is 0. The molecular formula is C29H38F3N5O6S. The first-order chi connectivity index (χ1) is 20.4. The Balaban J connectivity index is 1.69. The molecule has 44 heavy (non-hydrogen) atoms. The maximum absolute atomic E-state index is 13.3. The van der Waals surface area contributed by atoms with E-state index >= 15 is 0 Å². The number of benzene rings is 2. The normalized spacial score (nSPS) is 17.7. The molecule has 1 saturated heterocycles. The quantitative estimate of drug-likeness (QED) is 0.342. The summed E-state index contributed by atoms with van der Waals surface area (Å²) in [6.45, 7) is 5.50. The second kappa shape index (κ2) is 13.5. The van der Waals surface area contributed by atoms with Gasteiger partial charge >= 0.3 is 6.18 Å². The molecule has 0 radical (unpaired) electrons. The lowest BCUT2D eigenvalue weighted by molar-refractivity contribution is -0.175. The number of halogens is 3. The zero-order valence-corrected chi connectivity index (χ0v) is 26.2. The van der Waals surface area contributed by atoms with E-state index in [4.69, 9.17) is 0 Å². The number of Topliss-reactive ketones (excluding diaryl/α,β-unsaturated/α-hetero) is 1. The molecule has 1 aliphatic heterocycles. The van der Waals surface area contributed by atoms with Crippen LogP contribution in [-0.2, 0) is 29.2 Å². The van der Waals surface area contributed by atoms with Crippen LogP contribution in [-0.4, -0.2) is 87.8 Å². The second-order valence-electron chi connectivity index (χ2n) is 11.4. The van der Waals surface area contributed by atoms with Crippen LogP contribution in [0.25, 0.3) is 10.8 Å². The van der Waals surface area contributed by atoms with Crippen LogP contribution in [0, 0.1) is 5.92 Å². The smallest absolute Gasteiger partial charge is 0.377 e. The maximum atomic E-state index is 13.3. The number of fused-ring (bicyclic) bond motifs is 1. The highest BCUT2D eigenvalue weighted by atomic mass is 32.2. The van der Waals surface area contributed by atoms with E-state index in [2.05, 4.69) is 15.4 Å². The molecule has 3 amide bonds. The van der Waals surface area contributed by atoms with E-state index in [1.165, 1.54) is 33.8 Å². The molecule has 0 aromatic heterocycles. The molecule has 15 heteroatoms. The summed E-state index contributed by atoms with van der Waals surface area (Å²) in [6.07, 6.45) is -4.62. The van der Waals surface area contributed by atoms with E-state index < -0.39 is 69.8 Å². The number of alkyl halides is 3. The average Bonchev–Trinajstić information content (AvgIpc) is 3.43. The largest absolute Gasteiger partial charge is 0.452 e. The maximum Gasteiger partial charge on any atom is 0.452 e. The molecule has 1 heterocycles. The Kier molecular flexibility index (Phi) is 10.7. The number of anilines is 1. The third-order valence-electron chi connectivity index (χ3n) is 7.45. The van der Waals surface area contributed by atoms with E-state index in [0.29, 0.717) is 17.2 Å². The lowest BCUT2D eigenvalue weighted by atomic mass is 9.98. The third-order valence-corrected chi connectivity index (χ3v) is 9.05. The molecule has 11 nitrogen and oxygen atoms in total. The van der Waals surface area contributed by atoms with Crippen molar-refractivity contribution in [1.29, 1.82) is 0 Å². The second-order valence-corrected chi connectivity index (χ2v) is 13.1. The Morgan fingerprint density at radius 1 is 0.932 bits per heavy atom. The minimum Gasteiger partial charge on any atom is -0.377 e. The molecule has 4 atom stereocenters. The zero-order valence-electron chi connectivity index (χ0n) is 25.4. The number of hydrogen-bond donors (Lipinski definition) is 3. The van der Waals surface area contributed by atoms with Gasteiger partial charge in [0.25, 0.3) is 5.78 Å². The van der Waals surface area contributed by atoms with E-state index in [-0.39, 0.29) is 17.9 Å².